The van der Waals surface area contributed by atoms with Crippen LogP contribution in [0.2, 0.25) is 0 Å². The number of amides is 1. The highest BCUT2D eigenvalue weighted by atomic mass is 19.4. The van der Waals surface area contributed by atoms with Crippen LogP contribution < -0.4 is 20.1 Å². The molecule has 36 heavy (non-hydrogen) atoms. The van der Waals surface area contributed by atoms with Crippen molar-refractivity contribution in [2.75, 3.05) is 27.8 Å². The van der Waals surface area contributed by atoms with Crippen LogP contribution in [0.5, 0.6) is 11.5 Å². The number of likely N-dealkylation sites (N-methyl/N-ethyl adjacent to an activating group) is 1. The molecular formula is C27H28F4N2O3. The molecule has 192 valence electrons. The van der Waals surface area contributed by atoms with E-state index in [9.17, 15) is 22.4 Å². The minimum atomic E-state index is -4.44. The lowest BCUT2D eigenvalue weighted by Crippen LogP contribution is -2.36. The molecular weight excluding hydrogens is 476 g/mol. The molecule has 2 atom stereocenters. The van der Waals surface area contributed by atoms with Crippen LogP contribution in [-0.2, 0) is 11.0 Å². The van der Waals surface area contributed by atoms with Gasteiger partial charge < -0.3 is 20.1 Å². The van der Waals surface area contributed by atoms with Crippen molar-refractivity contribution in [2.45, 2.75) is 24.6 Å². The highest BCUT2D eigenvalue weighted by Crippen LogP contribution is 2.36. The quantitative estimate of drug-likeness (QED) is 0.360. The molecule has 0 aliphatic rings. The Morgan fingerprint density at radius 1 is 0.861 bits per heavy atom. The zero-order valence-electron chi connectivity index (χ0n) is 20.2. The molecule has 0 saturated heterocycles. The summed E-state index contributed by atoms with van der Waals surface area (Å²) in [6.45, 7) is 0.343. The summed E-state index contributed by atoms with van der Waals surface area (Å²) >= 11 is 0. The van der Waals surface area contributed by atoms with Gasteiger partial charge in [0, 0.05) is 13.0 Å². The number of rotatable bonds is 10. The number of methoxy groups -OCH3 is 2. The van der Waals surface area contributed by atoms with E-state index >= 15 is 0 Å². The van der Waals surface area contributed by atoms with E-state index in [0.717, 1.165) is 17.7 Å². The van der Waals surface area contributed by atoms with Crippen LogP contribution in [0.1, 0.15) is 40.6 Å². The van der Waals surface area contributed by atoms with E-state index in [2.05, 4.69) is 10.6 Å². The summed E-state index contributed by atoms with van der Waals surface area (Å²) in [5, 5.41) is 5.79. The molecule has 0 heterocycles. The molecule has 3 aromatic rings. The fourth-order valence-corrected chi connectivity index (χ4v) is 4.03. The zero-order valence-corrected chi connectivity index (χ0v) is 20.2. The van der Waals surface area contributed by atoms with Crippen LogP contribution in [-0.4, -0.2) is 33.7 Å². The smallest absolute Gasteiger partial charge is 0.416 e. The van der Waals surface area contributed by atoms with Crippen molar-refractivity contribution in [3.8, 4) is 11.5 Å². The third-order valence-electron chi connectivity index (χ3n) is 5.94. The molecule has 0 spiro atoms. The van der Waals surface area contributed by atoms with Gasteiger partial charge in [-0.2, -0.15) is 13.2 Å². The first-order valence-electron chi connectivity index (χ1n) is 11.3. The minimum absolute atomic E-state index is 0.293. The van der Waals surface area contributed by atoms with Gasteiger partial charge in [-0.05, 0) is 66.1 Å². The summed E-state index contributed by atoms with van der Waals surface area (Å²) in [6, 6.07) is 15.3. The Balaban J connectivity index is 1.89. The van der Waals surface area contributed by atoms with Gasteiger partial charge in [0.05, 0.1) is 19.8 Å². The fraction of sp³-hybridized carbons (Fsp3) is 0.296. The van der Waals surface area contributed by atoms with E-state index in [0.29, 0.717) is 35.6 Å². The Labute approximate surface area is 207 Å². The third kappa shape index (κ3) is 6.54. The van der Waals surface area contributed by atoms with Crippen molar-refractivity contribution in [1.82, 2.24) is 10.6 Å². The first-order valence-corrected chi connectivity index (χ1v) is 11.3. The maximum Gasteiger partial charge on any atom is 0.416 e. The number of halogens is 4. The Hall–Kier alpha value is -3.59. The number of hydrogen-bond donors (Lipinski definition) is 2. The maximum atomic E-state index is 13.4. The molecule has 0 aromatic heterocycles. The molecule has 0 aliphatic carbocycles. The van der Waals surface area contributed by atoms with Crippen LogP contribution >= 0.6 is 0 Å². The van der Waals surface area contributed by atoms with Crippen LogP contribution in [0.3, 0.4) is 0 Å². The van der Waals surface area contributed by atoms with Gasteiger partial charge in [0.2, 0.25) is 5.91 Å². The van der Waals surface area contributed by atoms with Crippen molar-refractivity contribution >= 4 is 5.91 Å². The molecule has 1 amide bonds. The molecule has 0 bridgehead atoms. The van der Waals surface area contributed by atoms with Gasteiger partial charge in [0.15, 0.2) is 11.5 Å². The lowest BCUT2D eigenvalue weighted by atomic mass is 9.87. The monoisotopic (exact) mass is 504 g/mol. The molecule has 2 unspecified atom stereocenters. The Bertz CT molecular complexity index is 1150. The molecule has 0 aliphatic heterocycles. The topological polar surface area (TPSA) is 59.6 Å². The number of carbonyl (C=O) groups is 1. The fourth-order valence-electron chi connectivity index (χ4n) is 4.03. The van der Waals surface area contributed by atoms with Gasteiger partial charge >= 0.3 is 6.18 Å². The first kappa shape index (κ1) is 27.0. The average molecular weight is 505 g/mol. The Morgan fingerprint density at radius 3 is 2.00 bits per heavy atom. The summed E-state index contributed by atoms with van der Waals surface area (Å²) in [5.41, 5.74) is 1.35. The van der Waals surface area contributed by atoms with E-state index in [-0.39, 0.29) is 11.8 Å². The molecule has 2 N–H and O–H groups in total. The minimum Gasteiger partial charge on any atom is -0.493 e. The second kappa shape index (κ2) is 11.9. The van der Waals surface area contributed by atoms with Gasteiger partial charge in [-0.3, -0.25) is 4.79 Å². The number of benzene rings is 3. The molecule has 9 heteroatoms. The SMILES string of the molecule is CNC(=O)C(NCCC(c1ccc(C(F)(F)F)cc1)c1ccc(OC)c(OC)c1)c1ccc(F)cc1. The summed E-state index contributed by atoms with van der Waals surface area (Å²) in [5.74, 6) is 0.0122. The summed E-state index contributed by atoms with van der Waals surface area (Å²) in [4.78, 5) is 12.5. The van der Waals surface area contributed by atoms with Crippen molar-refractivity contribution in [3.05, 3.63) is 94.8 Å². The predicted molar refractivity (Wildman–Crippen MR) is 129 cm³/mol. The lowest BCUT2D eigenvalue weighted by Gasteiger charge is -2.23. The third-order valence-corrected chi connectivity index (χ3v) is 5.94. The van der Waals surface area contributed by atoms with E-state index in [1.54, 1.807) is 12.1 Å². The van der Waals surface area contributed by atoms with E-state index in [1.165, 1.54) is 57.7 Å². The van der Waals surface area contributed by atoms with Crippen molar-refractivity contribution in [2.24, 2.45) is 0 Å². The summed E-state index contributed by atoms with van der Waals surface area (Å²) in [6.07, 6.45) is -3.98. The standard InChI is InChI=1S/C27H28F4N2O3/c1-32-26(34)25(18-6-11-21(28)12-7-18)33-15-14-22(17-4-9-20(10-5-17)27(29,30)31)19-8-13-23(35-2)24(16-19)36-3/h4-13,16,22,25,33H,14-15H2,1-3H3,(H,32,34). The predicted octanol–water partition coefficient (Wildman–Crippen LogP) is 5.46. The second-order valence-electron chi connectivity index (χ2n) is 8.13. The van der Waals surface area contributed by atoms with E-state index < -0.39 is 23.6 Å². The molecule has 3 aromatic carbocycles. The van der Waals surface area contributed by atoms with Crippen LogP contribution in [0, 0.1) is 5.82 Å². The number of carbonyl (C=O) groups excluding carboxylic acids is 1. The summed E-state index contributed by atoms with van der Waals surface area (Å²) < 4.78 is 63.4. The molecule has 3 rings (SSSR count). The number of alkyl halides is 3. The number of hydrogen-bond acceptors (Lipinski definition) is 4. The lowest BCUT2D eigenvalue weighted by molar-refractivity contribution is -0.137. The first-order chi connectivity index (χ1) is 17.2. The van der Waals surface area contributed by atoms with Gasteiger partial charge in [-0.25, -0.2) is 4.39 Å². The highest BCUT2D eigenvalue weighted by molar-refractivity contribution is 5.82. The second-order valence-corrected chi connectivity index (χ2v) is 8.13. The molecule has 0 fully saturated rings. The van der Waals surface area contributed by atoms with Crippen molar-refractivity contribution in [3.63, 3.8) is 0 Å². The summed E-state index contributed by atoms with van der Waals surface area (Å²) in [7, 11) is 4.53. The Morgan fingerprint density at radius 2 is 1.44 bits per heavy atom. The van der Waals surface area contributed by atoms with Crippen LogP contribution in [0.4, 0.5) is 17.6 Å². The van der Waals surface area contributed by atoms with E-state index in [1.807, 2.05) is 6.07 Å². The van der Waals surface area contributed by atoms with Gasteiger partial charge in [0.25, 0.3) is 0 Å². The normalized spacial score (nSPS) is 13.1. The zero-order chi connectivity index (χ0) is 26.3. The number of ether oxygens (including phenoxy) is 2. The molecule has 0 radical (unpaired) electrons. The Kier molecular flexibility index (Phi) is 8.93. The van der Waals surface area contributed by atoms with Crippen molar-refractivity contribution < 1.29 is 31.8 Å². The van der Waals surface area contributed by atoms with Crippen LogP contribution in [0.25, 0.3) is 0 Å². The average Bonchev–Trinajstić information content (AvgIpc) is 2.88. The highest BCUT2D eigenvalue weighted by Gasteiger charge is 2.30. The van der Waals surface area contributed by atoms with E-state index in [4.69, 9.17) is 9.47 Å². The molecule has 0 saturated carbocycles. The van der Waals surface area contributed by atoms with Gasteiger partial charge in [-0.1, -0.05) is 30.3 Å². The maximum absolute atomic E-state index is 13.4. The van der Waals surface area contributed by atoms with Gasteiger partial charge in [0.1, 0.15) is 11.9 Å². The largest absolute Gasteiger partial charge is 0.493 e. The molecule has 5 nitrogen and oxygen atoms in total. The van der Waals surface area contributed by atoms with Crippen molar-refractivity contribution in [1.29, 1.82) is 0 Å². The van der Waals surface area contributed by atoms with Crippen LogP contribution in [0.15, 0.2) is 66.7 Å². The number of nitrogens with one attached hydrogen (secondary N) is 2. The van der Waals surface area contributed by atoms with Gasteiger partial charge in [-0.15, -0.1) is 0 Å².